The molecule has 1 unspecified atom stereocenters. The maximum atomic E-state index is 11.0. The van der Waals surface area contributed by atoms with Gasteiger partial charge >= 0.3 is 0 Å². The number of nitrogens with zero attached hydrogens (tertiary/aromatic N) is 1. The molecule has 0 heterocycles. The minimum absolute atomic E-state index is 0.0574. The predicted molar refractivity (Wildman–Crippen MR) is 139 cm³/mol. The van der Waals surface area contributed by atoms with E-state index in [1.807, 2.05) is 0 Å². The number of phenolic OH excluding ortho intramolecular Hbond substituents is 1. The minimum atomic E-state index is -0.0574. The van der Waals surface area contributed by atoms with E-state index in [9.17, 15) is 5.11 Å². The zero-order valence-corrected chi connectivity index (χ0v) is 22.4. The van der Waals surface area contributed by atoms with E-state index in [0.29, 0.717) is 11.8 Å². The van der Waals surface area contributed by atoms with E-state index in [2.05, 4.69) is 79.6 Å². The number of unbranched alkanes of at least 4 members (excludes halogenated alkanes) is 7. The predicted octanol–water partition coefficient (Wildman–Crippen LogP) is 8.38. The van der Waals surface area contributed by atoms with Crippen LogP contribution in [0.1, 0.15) is 129 Å². The molecule has 31 heavy (non-hydrogen) atoms. The molecule has 0 saturated heterocycles. The van der Waals surface area contributed by atoms with E-state index in [1.54, 1.807) is 0 Å². The van der Waals surface area contributed by atoms with Gasteiger partial charge in [0, 0.05) is 6.04 Å². The molecule has 0 amide bonds. The molecule has 1 aromatic rings. The van der Waals surface area contributed by atoms with Gasteiger partial charge in [-0.1, -0.05) is 112 Å². The summed E-state index contributed by atoms with van der Waals surface area (Å²) in [5, 5.41) is 11.0. The van der Waals surface area contributed by atoms with Gasteiger partial charge in [0.05, 0.1) is 0 Å². The largest absolute Gasteiger partial charge is 0.507 e. The monoisotopic (exact) mass is 431 g/mol. The van der Waals surface area contributed by atoms with Crippen molar-refractivity contribution in [3.63, 3.8) is 0 Å². The van der Waals surface area contributed by atoms with Crippen molar-refractivity contribution < 1.29 is 5.11 Å². The normalized spacial score (nSPS) is 13.7. The van der Waals surface area contributed by atoms with Crippen molar-refractivity contribution in [1.82, 2.24) is 4.90 Å². The molecule has 0 aromatic heterocycles. The summed E-state index contributed by atoms with van der Waals surface area (Å²) in [5.74, 6) is 0.492. The van der Waals surface area contributed by atoms with Gasteiger partial charge in [0.2, 0.25) is 0 Å². The van der Waals surface area contributed by atoms with Crippen molar-refractivity contribution in [1.29, 1.82) is 0 Å². The van der Waals surface area contributed by atoms with Crippen molar-refractivity contribution in [2.45, 2.75) is 136 Å². The first kappa shape index (κ1) is 28.0. The second-order valence-electron chi connectivity index (χ2n) is 12.0. The van der Waals surface area contributed by atoms with Gasteiger partial charge in [-0.05, 0) is 60.9 Å². The first-order valence-electron chi connectivity index (χ1n) is 12.9. The first-order chi connectivity index (χ1) is 14.4. The molecule has 180 valence electrons. The molecule has 0 radical (unpaired) electrons. The van der Waals surface area contributed by atoms with E-state index >= 15 is 0 Å². The van der Waals surface area contributed by atoms with Crippen molar-refractivity contribution in [3.8, 4) is 5.75 Å². The number of aromatic hydroxyl groups is 1. The fraction of sp³-hybridized carbons (Fsp3) is 0.793. The lowest BCUT2D eigenvalue weighted by Crippen LogP contribution is -2.28. The Balaban J connectivity index is 2.73. The molecule has 0 aliphatic rings. The fourth-order valence-corrected chi connectivity index (χ4v) is 4.49. The third-order valence-corrected chi connectivity index (χ3v) is 6.67. The summed E-state index contributed by atoms with van der Waals surface area (Å²) >= 11 is 0. The first-order valence-corrected chi connectivity index (χ1v) is 12.9. The van der Waals surface area contributed by atoms with Crippen LogP contribution in [0, 0.1) is 0 Å². The van der Waals surface area contributed by atoms with Crippen LogP contribution in [0.25, 0.3) is 0 Å². The Kier molecular flexibility index (Phi) is 11.6. The van der Waals surface area contributed by atoms with Gasteiger partial charge in [-0.25, -0.2) is 0 Å². The van der Waals surface area contributed by atoms with Crippen LogP contribution in [0.5, 0.6) is 5.75 Å². The zero-order valence-electron chi connectivity index (χ0n) is 22.4. The summed E-state index contributed by atoms with van der Waals surface area (Å²) in [7, 11) is 4.46. The molecule has 0 aliphatic carbocycles. The lowest BCUT2D eigenvalue weighted by atomic mass is 9.78. The second kappa shape index (κ2) is 12.9. The van der Waals surface area contributed by atoms with Gasteiger partial charge in [0.25, 0.3) is 0 Å². The molecule has 0 saturated carbocycles. The number of rotatable bonds is 13. The number of hydrogen-bond acceptors (Lipinski definition) is 2. The fourth-order valence-electron chi connectivity index (χ4n) is 4.49. The summed E-state index contributed by atoms with van der Waals surface area (Å²) in [4.78, 5) is 2.41. The van der Waals surface area contributed by atoms with Crippen LogP contribution in [-0.4, -0.2) is 30.1 Å². The van der Waals surface area contributed by atoms with Crippen molar-refractivity contribution >= 4 is 0 Å². The average molecular weight is 432 g/mol. The van der Waals surface area contributed by atoms with Gasteiger partial charge in [-0.15, -0.1) is 0 Å². The zero-order chi connectivity index (χ0) is 23.7. The SMILES string of the molecule is CCCCCCCCCCC(CCc1cc(C(C)(C)C)c(O)c(C(C)(C)C)c1)N(C)C. The average Bonchev–Trinajstić information content (AvgIpc) is 2.64. The molecule has 1 atom stereocenters. The highest BCUT2D eigenvalue weighted by Gasteiger charge is 2.26. The topological polar surface area (TPSA) is 23.5 Å². The Morgan fingerprint density at radius 2 is 1.19 bits per heavy atom. The highest BCUT2D eigenvalue weighted by molar-refractivity contribution is 5.49. The van der Waals surface area contributed by atoms with Crippen LogP contribution in [0.2, 0.25) is 0 Å². The molecule has 1 N–H and O–H groups in total. The van der Waals surface area contributed by atoms with Gasteiger partial charge in [0.1, 0.15) is 5.75 Å². The van der Waals surface area contributed by atoms with Crippen molar-refractivity contribution in [3.05, 3.63) is 28.8 Å². The van der Waals surface area contributed by atoms with E-state index in [0.717, 1.165) is 17.5 Å². The lowest BCUT2D eigenvalue weighted by molar-refractivity contribution is 0.257. The third-order valence-electron chi connectivity index (χ3n) is 6.67. The van der Waals surface area contributed by atoms with Gasteiger partial charge in [-0.2, -0.15) is 0 Å². The second-order valence-corrected chi connectivity index (χ2v) is 12.0. The summed E-state index contributed by atoms with van der Waals surface area (Å²) in [6.07, 6.45) is 14.6. The number of phenols is 1. The summed E-state index contributed by atoms with van der Waals surface area (Å²) in [6, 6.07) is 5.14. The van der Waals surface area contributed by atoms with Crippen LogP contribution in [0.3, 0.4) is 0 Å². The van der Waals surface area contributed by atoms with Crippen LogP contribution in [-0.2, 0) is 17.3 Å². The van der Waals surface area contributed by atoms with E-state index in [1.165, 1.54) is 69.8 Å². The van der Waals surface area contributed by atoms with Crippen LogP contribution in [0.15, 0.2) is 12.1 Å². The lowest BCUT2D eigenvalue weighted by Gasteiger charge is -2.29. The van der Waals surface area contributed by atoms with Gasteiger partial charge in [-0.3, -0.25) is 0 Å². The van der Waals surface area contributed by atoms with Crippen LogP contribution >= 0.6 is 0 Å². The number of benzene rings is 1. The molecule has 0 spiro atoms. The van der Waals surface area contributed by atoms with E-state index < -0.39 is 0 Å². The Bertz CT molecular complexity index is 598. The quantitative estimate of drug-likeness (QED) is 0.317. The Hall–Kier alpha value is -1.02. The molecule has 2 heteroatoms. The highest BCUT2D eigenvalue weighted by Crippen LogP contribution is 2.40. The van der Waals surface area contributed by atoms with Crippen molar-refractivity contribution in [2.75, 3.05) is 14.1 Å². The van der Waals surface area contributed by atoms with Gasteiger partial charge in [0.15, 0.2) is 0 Å². The molecule has 1 aromatic carbocycles. The molecule has 1 rings (SSSR count). The van der Waals surface area contributed by atoms with Crippen LogP contribution < -0.4 is 0 Å². The molecular formula is C29H53NO. The summed E-state index contributed by atoms with van der Waals surface area (Å²) in [5.41, 5.74) is 3.42. The van der Waals surface area contributed by atoms with E-state index in [-0.39, 0.29) is 10.8 Å². The Labute approximate surface area is 194 Å². The minimum Gasteiger partial charge on any atom is -0.507 e. The molecule has 0 fully saturated rings. The number of hydrogen-bond donors (Lipinski definition) is 1. The van der Waals surface area contributed by atoms with Crippen molar-refractivity contribution in [2.24, 2.45) is 0 Å². The van der Waals surface area contributed by atoms with E-state index in [4.69, 9.17) is 0 Å². The summed E-state index contributed by atoms with van der Waals surface area (Å²) < 4.78 is 0. The Morgan fingerprint density at radius 1 is 0.742 bits per heavy atom. The maximum Gasteiger partial charge on any atom is 0.123 e. The molecular weight excluding hydrogens is 378 g/mol. The number of aryl methyl sites for hydroxylation is 1. The molecule has 0 aliphatic heterocycles. The smallest absolute Gasteiger partial charge is 0.123 e. The molecule has 0 bridgehead atoms. The maximum absolute atomic E-state index is 11.0. The Morgan fingerprint density at radius 3 is 1.61 bits per heavy atom. The molecule has 2 nitrogen and oxygen atoms in total. The third kappa shape index (κ3) is 9.98. The van der Waals surface area contributed by atoms with Crippen LogP contribution in [0.4, 0.5) is 0 Å². The summed E-state index contributed by atoms with van der Waals surface area (Å²) in [6.45, 7) is 15.5. The standard InChI is InChI=1S/C29H53NO/c1-10-11-12-13-14-15-16-17-18-24(30(8)9)20-19-23-21-25(28(2,3)4)27(31)26(22-23)29(5,6)7/h21-22,24,31H,10-20H2,1-9H3. The van der Waals surface area contributed by atoms with Gasteiger partial charge < -0.3 is 10.0 Å². The highest BCUT2D eigenvalue weighted by atomic mass is 16.3.